The maximum Gasteiger partial charge on any atom is 0.152 e. The summed E-state index contributed by atoms with van der Waals surface area (Å²) in [5.74, 6) is 0.639. The number of hydrogen-bond acceptors (Lipinski definition) is 3. The fourth-order valence-electron chi connectivity index (χ4n) is 2.39. The smallest absolute Gasteiger partial charge is 0.152 e. The topological polar surface area (TPSA) is 41.5 Å². The van der Waals surface area contributed by atoms with Crippen LogP contribution in [0.4, 0.5) is 5.69 Å². The number of halogens is 3. The van der Waals surface area contributed by atoms with Crippen LogP contribution in [-0.2, 0) is 13.2 Å². The van der Waals surface area contributed by atoms with Gasteiger partial charge in [0.15, 0.2) is 5.75 Å². The average Bonchev–Trinajstić information content (AvgIpc) is 2.64. The Morgan fingerprint density at radius 2 is 1.58 bits per heavy atom. The first kappa shape index (κ1) is 18.7. The highest BCUT2D eigenvalue weighted by molar-refractivity contribution is 6.37. The Morgan fingerprint density at radius 3 is 2.31 bits per heavy atom. The summed E-state index contributed by atoms with van der Waals surface area (Å²) in [6.45, 7) is 0.959. The zero-order valence-corrected chi connectivity index (χ0v) is 15.9. The number of aromatic hydroxyl groups is 1. The average molecular weight is 409 g/mol. The second kappa shape index (κ2) is 8.54. The number of rotatable bonds is 6. The second-order valence-corrected chi connectivity index (χ2v) is 6.89. The van der Waals surface area contributed by atoms with Gasteiger partial charge in [-0.15, -0.1) is 0 Å². The number of ether oxygens (including phenoxy) is 1. The zero-order chi connectivity index (χ0) is 18.5. The highest BCUT2D eigenvalue weighted by Gasteiger charge is 2.07. The van der Waals surface area contributed by atoms with E-state index in [0.29, 0.717) is 18.2 Å². The van der Waals surface area contributed by atoms with Crippen molar-refractivity contribution in [1.82, 2.24) is 0 Å². The molecule has 0 heterocycles. The normalized spacial score (nSPS) is 10.6. The van der Waals surface area contributed by atoms with Gasteiger partial charge in [0.1, 0.15) is 12.4 Å². The van der Waals surface area contributed by atoms with Crippen LogP contribution in [0.2, 0.25) is 15.1 Å². The molecular weight excluding hydrogens is 393 g/mol. The molecule has 0 bridgehead atoms. The van der Waals surface area contributed by atoms with E-state index in [1.54, 1.807) is 12.1 Å². The number of anilines is 1. The van der Waals surface area contributed by atoms with Crippen LogP contribution in [0.15, 0.2) is 60.7 Å². The maximum atomic E-state index is 9.61. The van der Waals surface area contributed by atoms with Crippen LogP contribution in [0.5, 0.6) is 11.5 Å². The minimum atomic E-state index is -0.117. The molecule has 0 unspecified atom stereocenters. The van der Waals surface area contributed by atoms with Crippen LogP contribution in [0.3, 0.4) is 0 Å². The Kier molecular flexibility index (Phi) is 6.15. The highest BCUT2D eigenvalue weighted by Crippen LogP contribution is 2.34. The van der Waals surface area contributed by atoms with Crippen molar-refractivity contribution in [3.05, 3.63) is 86.9 Å². The maximum absolute atomic E-state index is 9.61. The summed E-state index contributed by atoms with van der Waals surface area (Å²) < 4.78 is 5.83. The van der Waals surface area contributed by atoms with Gasteiger partial charge in [0, 0.05) is 22.8 Å². The van der Waals surface area contributed by atoms with Crippen LogP contribution in [-0.4, -0.2) is 5.11 Å². The molecule has 0 aliphatic heterocycles. The molecule has 0 aliphatic carbocycles. The summed E-state index contributed by atoms with van der Waals surface area (Å²) in [6, 6.07) is 18.6. The van der Waals surface area contributed by atoms with Gasteiger partial charge in [0.2, 0.25) is 0 Å². The molecule has 0 aromatic heterocycles. The molecule has 0 atom stereocenters. The molecule has 3 nitrogen and oxygen atoms in total. The van der Waals surface area contributed by atoms with Gasteiger partial charge in [-0.1, -0.05) is 65.1 Å². The van der Waals surface area contributed by atoms with Crippen molar-refractivity contribution in [3.8, 4) is 11.5 Å². The predicted octanol–water partition coefficient (Wildman–Crippen LogP) is 6.54. The molecule has 0 fully saturated rings. The molecular formula is C20H16Cl3NO2. The minimum Gasteiger partial charge on any atom is -0.505 e. The van der Waals surface area contributed by atoms with Gasteiger partial charge in [0.05, 0.1) is 10.0 Å². The molecule has 0 radical (unpaired) electrons. The third-order valence-corrected chi connectivity index (χ3v) is 4.71. The van der Waals surface area contributed by atoms with E-state index in [1.807, 2.05) is 48.5 Å². The summed E-state index contributed by atoms with van der Waals surface area (Å²) in [6.07, 6.45) is 0. The van der Waals surface area contributed by atoms with Crippen LogP contribution in [0, 0.1) is 0 Å². The van der Waals surface area contributed by atoms with Gasteiger partial charge in [-0.3, -0.25) is 0 Å². The fraction of sp³-hybridized carbons (Fsp3) is 0.100. The van der Waals surface area contributed by atoms with Crippen molar-refractivity contribution >= 4 is 40.5 Å². The Bertz CT molecular complexity index is 892. The van der Waals surface area contributed by atoms with E-state index >= 15 is 0 Å². The lowest BCUT2D eigenvalue weighted by molar-refractivity contribution is 0.306. The van der Waals surface area contributed by atoms with Gasteiger partial charge >= 0.3 is 0 Å². The van der Waals surface area contributed by atoms with Crippen LogP contribution >= 0.6 is 34.8 Å². The first-order chi connectivity index (χ1) is 12.5. The van der Waals surface area contributed by atoms with E-state index in [-0.39, 0.29) is 15.8 Å². The summed E-state index contributed by atoms with van der Waals surface area (Å²) in [7, 11) is 0. The van der Waals surface area contributed by atoms with E-state index in [1.165, 1.54) is 0 Å². The Morgan fingerprint density at radius 1 is 0.846 bits per heavy atom. The second-order valence-electron chi connectivity index (χ2n) is 5.67. The Labute approximate surface area is 167 Å². The van der Waals surface area contributed by atoms with Gasteiger partial charge in [-0.05, 0) is 35.9 Å². The van der Waals surface area contributed by atoms with Crippen molar-refractivity contribution in [1.29, 1.82) is 0 Å². The number of phenols is 1. The molecule has 6 heteroatoms. The molecule has 2 N–H and O–H groups in total. The monoisotopic (exact) mass is 407 g/mol. The van der Waals surface area contributed by atoms with Crippen molar-refractivity contribution in [2.45, 2.75) is 13.2 Å². The molecule has 0 saturated heterocycles. The van der Waals surface area contributed by atoms with Crippen molar-refractivity contribution in [2.24, 2.45) is 0 Å². The highest BCUT2D eigenvalue weighted by atomic mass is 35.5. The lowest BCUT2D eigenvalue weighted by Gasteiger charge is -2.11. The van der Waals surface area contributed by atoms with Crippen molar-refractivity contribution in [3.63, 3.8) is 0 Å². The van der Waals surface area contributed by atoms with E-state index in [4.69, 9.17) is 39.5 Å². The lowest BCUT2D eigenvalue weighted by atomic mass is 10.2. The lowest BCUT2D eigenvalue weighted by Crippen LogP contribution is -2.01. The van der Waals surface area contributed by atoms with Crippen LogP contribution in [0.25, 0.3) is 0 Å². The molecule has 0 saturated carbocycles. The fourth-order valence-corrected chi connectivity index (χ4v) is 3.07. The zero-order valence-electron chi connectivity index (χ0n) is 13.7. The van der Waals surface area contributed by atoms with E-state index < -0.39 is 0 Å². The van der Waals surface area contributed by atoms with E-state index in [2.05, 4.69) is 5.32 Å². The SMILES string of the molecule is Oc1c(Cl)cc(NCc2cccc(OCc3ccccc3Cl)c2)cc1Cl. The molecule has 0 aliphatic rings. The number of phenolic OH excluding ortho intramolecular Hbond substituents is 1. The van der Waals surface area contributed by atoms with Crippen molar-refractivity contribution in [2.75, 3.05) is 5.32 Å². The Hall–Kier alpha value is -2.07. The quantitative estimate of drug-likeness (QED) is 0.455. The molecule has 3 rings (SSSR count). The third kappa shape index (κ3) is 4.76. The van der Waals surface area contributed by atoms with Crippen molar-refractivity contribution < 1.29 is 9.84 Å². The number of nitrogens with one attached hydrogen (secondary N) is 1. The minimum absolute atomic E-state index is 0.117. The molecule has 0 amide bonds. The molecule has 3 aromatic rings. The molecule has 0 spiro atoms. The van der Waals surface area contributed by atoms with Gasteiger partial charge in [-0.25, -0.2) is 0 Å². The van der Waals surface area contributed by atoms with Crippen LogP contribution < -0.4 is 10.1 Å². The summed E-state index contributed by atoms with van der Waals surface area (Å²) in [5.41, 5.74) is 2.69. The first-order valence-electron chi connectivity index (χ1n) is 7.90. The predicted molar refractivity (Wildman–Crippen MR) is 108 cm³/mol. The summed E-state index contributed by atoms with van der Waals surface area (Å²) in [5, 5.41) is 13.9. The summed E-state index contributed by atoms with van der Waals surface area (Å²) in [4.78, 5) is 0. The van der Waals surface area contributed by atoms with Gasteiger partial charge in [-0.2, -0.15) is 0 Å². The first-order valence-corrected chi connectivity index (χ1v) is 9.03. The molecule has 134 valence electrons. The number of hydrogen-bond donors (Lipinski definition) is 2. The third-order valence-electron chi connectivity index (χ3n) is 3.76. The van der Waals surface area contributed by atoms with Crippen LogP contribution in [0.1, 0.15) is 11.1 Å². The Balaban J connectivity index is 1.63. The van der Waals surface area contributed by atoms with E-state index in [0.717, 1.165) is 22.6 Å². The largest absolute Gasteiger partial charge is 0.505 e. The van der Waals surface area contributed by atoms with Gasteiger partial charge in [0.25, 0.3) is 0 Å². The van der Waals surface area contributed by atoms with Gasteiger partial charge < -0.3 is 15.2 Å². The number of benzene rings is 3. The molecule has 26 heavy (non-hydrogen) atoms. The standard InChI is InChI=1S/C20H16Cl3NO2/c21-17-7-2-1-5-14(17)12-26-16-6-3-4-13(8-16)11-24-15-9-18(22)20(25)19(23)10-15/h1-10,24-25H,11-12H2. The molecule has 3 aromatic carbocycles. The van der Waals surface area contributed by atoms with E-state index in [9.17, 15) is 5.11 Å². The summed E-state index contributed by atoms with van der Waals surface area (Å²) >= 11 is 18.0.